The maximum atomic E-state index is 10.6. The van der Waals surface area contributed by atoms with Gasteiger partial charge in [0.25, 0.3) is 0 Å². The number of carbonyl (C=O) groups is 1. The molecule has 0 amide bonds. The summed E-state index contributed by atoms with van der Waals surface area (Å²) in [6, 6.07) is 3.52. The lowest BCUT2D eigenvalue weighted by atomic mass is 10.3. The van der Waals surface area contributed by atoms with Crippen LogP contribution in [0.5, 0.6) is 0 Å². The number of aromatic nitrogens is 1. The minimum Gasteiger partial charge on any atom is -0.459 e. The molecule has 3 heteroatoms. The Kier molecular flexibility index (Phi) is 2.86. The van der Waals surface area contributed by atoms with Crippen molar-refractivity contribution >= 4 is 5.97 Å². The van der Waals surface area contributed by atoms with Crippen molar-refractivity contribution in [2.24, 2.45) is 0 Å². The number of methoxy groups -OCH3 is 1. The highest BCUT2D eigenvalue weighted by Gasteiger charge is 1.89. The van der Waals surface area contributed by atoms with E-state index in [1.807, 2.05) is 0 Å². The fourth-order valence-electron chi connectivity index (χ4n) is 0.611. The van der Waals surface area contributed by atoms with E-state index in [0.717, 1.165) is 0 Å². The van der Waals surface area contributed by atoms with Gasteiger partial charge >= 0.3 is 5.97 Å². The van der Waals surface area contributed by atoms with Gasteiger partial charge in [0.2, 0.25) is 0 Å². The molecule has 0 saturated carbocycles. The number of rotatable bonds is 0. The normalized spacial score (nSPS) is 8.08. The smallest absolute Gasteiger partial charge is 0.384 e. The molecule has 12 heavy (non-hydrogen) atoms. The molecule has 0 aromatic carbocycles. The molecule has 0 spiro atoms. The zero-order valence-electron chi connectivity index (χ0n) is 6.57. The topological polar surface area (TPSA) is 39.2 Å². The van der Waals surface area contributed by atoms with E-state index in [2.05, 4.69) is 21.6 Å². The van der Waals surface area contributed by atoms with Crippen LogP contribution in [-0.4, -0.2) is 18.1 Å². The third-order valence-corrected chi connectivity index (χ3v) is 1.16. The Labute approximate surface area is 70.4 Å². The molecule has 1 heterocycles. The van der Waals surface area contributed by atoms with E-state index in [-0.39, 0.29) is 0 Å². The summed E-state index contributed by atoms with van der Waals surface area (Å²) in [5.41, 5.74) is 0.697. The molecule has 60 valence electrons. The molecule has 0 aliphatic carbocycles. The van der Waals surface area contributed by atoms with Crippen LogP contribution in [0.3, 0.4) is 0 Å². The third kappa shape index (κ3) is 2.43. The zero-order chi connectivity index (χ0) is 8.81. The number of hydrogen-bond donors (Lipinski definition) is 0. The van der Waals surface area contributed by atoms with Crippen LogP contribution >= 0.6 is 0 Å². The van der Waals surface area contributed by atoms with Crippen molar-refractivity contribution < 1.29 is 9.53 Å². The van der Waals surface area contributed by atoms with Crippen LogP contribution in [0.25, 0.3) is 0 Å². The molecule has 0 fully saturated rings. The number of ether oxygens (including phenoxy) is 1. The highest BCUT2D eigenvalue weighted by Crippen LogP contribution is 1.90. The molecule has 1 rings (SSSR count). The molecule has 0 N–H and O–H groups in total. The van der Waals surface area contributed by atoms with Gasteiger partial charge < -0.3 is 4.74 Å². The number of carbonyl (C=O) groups excluding carboxylic acids is 1. The monoisotopic (exact) mass is 161 g/mol. The third-order valence-electron chi connectivity index (χ3n) is 1.16. The van der Waals surface area contributed by atoms with Gasteiger partial charge in [-0.2, -0.15) is 0 Å². The standard InChI is InChI=1S/C9H7NO2/c1-12-9(11)5-4-8-3-2-6-10-7-8/h2-3,6-7H,1H3. The lowest BCUT2D eigenvalue weighted by Crippen LogP contribution is -1.94. The molecule has 0 unspecified atom stereocenters. The fourth-order valence-corrected chi connectivity index (χ4v) is 0.611. The molecular formula is C9H7NO2. The summed E-state index contributed by atoms with van der Waals surface area (Å²) in [6.07, 6.45) is 3.22. The molecule has 0 saturated heterocycles. The maximum Gasteiger partial charge on any atom is 0.384 e. The largest absolute Gasteiger partial charge is 0.459 e. The van der Waals surface area contributed by atoms with Crippen molar-refractivity contribution in [3.63, 3.8) is 0 Å². The lowest BCUT2D eigenvalue weighted by molar-refractivity contribution is -0.133. The van der Waals surface area contributed by atoms with Gasteiger partial charge in [-0.1, -0.05) is 5.92 Å². The summed E-state index contributed by atoms with van der Waals surface area (Å²) in [6.45, 7) is 0. The second kappa shape index (κ2) is 4.14. The highest BCUT2D eigenvalue weighted by atomic mass is 16.5. The maximum absolute atomic E-state index is 10.6. The van der Waals surface area contributed by atoms with Gasteiger partial charge in [0.15, 0.2) is 0 Å². The second-order valence-electron chi connectivity index (χ2n) is 1.98. The number of hydrogen-bond acceptors (Lipinski definition) is 3. The Morgan fingerprint density at radius 2 is 2.50 bits per heavy atom. The molecule has 0 radical (unpaired) electrons. The Bertz CT molecular complexity index is 321. The van der Waals surface area contributed by atoms with Crippen LogP contribution in [0, 0.1) is 11.8 Å². The molecule has 0 bridgehead atoms. The van der Waals surface area contributed by atoms with Crippen molar-refractivity contribution in [1.82, 2.24) is 4.98 Å². The number of nitrogens with zero attached hydrogens (tertiary/aromatic N) is 1. The van der Waals surface area contributed by atoms with Gasteiger partial charge in [-0.3, -0.25) is 4.98 Å². The summed E-state index contributed by atoms with van der Waals surface area (Å²) >= 11 is 0. The molecule has 1 aromatic heterocycles. The summed E-state index contributed by atoms with van der Waals surface area (Å²) in [5.74, 6) is 4.36. The van der Waals surface area contributed by atoms with Gasteiger partial charge in [0.1, 0.15) is 0 Å². The second-order valence-corrected chi connectivity index (χ2v) is 1.98. The first kappa shape index (κ1) is 8.28. The van der Waals surface area contributed by atoms with Crippen molar-refractivity contribution in [2.75, 3.05) is 7.11 Å². The number of pyridine rings is 1. The molecule has 1 aromatic rings. The SMILES string of the molecule is COC(=O)C#Cc1cccnc1. The van der Waals surface area contributed by atoms with E-state index in [4.69, 9.17) is 0 Å². The molecule has 0 aliphatic rings. The lowest BCUT2D eigenvalue weighted by Gasteiger charge is -1.86. The van der Waals surface area contributed by atoms with Crippen LogP contribution < -0.4 is 0 Å². The molecular weight excluding hydrogens is 154 g/mol. The minimum absolute atomic E-state index is 0.543. The average Bonchev–Trinajstić information content (AvgIpc) is 2.16. The Morgan fingerprint density at radius 3 is 3.08 bits per heavy atom. The Hall–Kier alpha value is -1.82. The Morgan fingerprint density at radius 1 is 1.67 bits per heavy atom. The first-order valence-electron chi connectivity index (χ1n) is 3.33. The van der Waals surface area contributed by atoms with Crippen LogP contribution in [0.1, 0.15) is 5.56 Å². The summed E-state index contributed by atoms with van der Waals surface area (Å²) in [5, 5.41) is 0. The van der Waals surface area contributed by atoms with Gasteiger partial charge in [-0.25, -0.2) is 4.79 Å². The summed E-state index contributed by atoms with van der Waals surface area (Å²) < 4.78 is 4.34. The highest BCUT2D eigenvalue weighted by molar-refractivity contribution is 5.88. The quantitative estimate of drug-likeness (QED) is 0.413. The van der Waals surface area contributed by atoms with E-state index in [1.165, 1.54) is 7.11 Å². The van der Waals surface area contributed by atoms with Crippen molar-refractivity contribution in [3.8, 4) is 11.8 Å². The zero-order valence-corrected chi connectivity index (χ0v) is 6.57. The minimum atomic E-state index is -0.543. The molecule has 0 aliphatic heterocycles. The van der Waals surface area contributed by atoms with E-state index in [1.54, 1.807) is 24.5 Å². The molecule has 0 atom stereocenters. The van der Waals surface area contributed by atoms with Crippen molar-refractivity contribution in [3.05, 3.63) is 30.1 Å². The van der Waals surface area contributed by atoms with Crippen LogP contribution in [0.15, 0.2) is 24.5 Å². The first-order valence-corrected chi connectivity index (χ1v) is 3.33. The van der Waals surface area contributed by atoms with Crippen LogP contribution in [0.4, 0.5) is 0 Å². The van der Waals surface area contributed by atoms with Crippen LogP contribution in [0.2, 0.25) is 0 Å². The van der Waals surface area contributed by atoms with E-state index in [9.17, 15) is 4.79 Å². The predicted molar refractivity (Wildman–Crippen MR) is 43.1 cm³/mol. The van der Waals surface area contributed by atoms with E-state index >= 15 is 0 Å². The van der Waals surface area contributed by atoms with Gasteiger partial charge in [-0.15, -0.1) is 0 Å². The fraction of sp³-hybridized carbons (Fsp3) is 0.111. The first-order chi connectivity index (χ1) is 5.83. The Balaban J connectivity index is 2.74. The van der Waals surface area contributed by atoms with Gasteiger partial charge in [0, 0.05) is 23.9 Å². The predicted octanol–water partition coefficient (Wildman–Crippen LogP) is 0.606. The summed E-state index contributed by atoms with van der Waals surface area (Å²) in [4.78, 5) is 14.4. The van der Waals surface area contributed by atoms with Crippen molar-refractivity contribution in [1.29, 1.82) is 0 Å². The number of esters is 1. The van der Waals surface area contributed by atoms with E-state index in [0.29, 0.717) is 5.56 Å². The van der Waals surface area contributed by atoms with Crippen molar-refractivity contribution in [2.45, 2.75) is 0 Å². The van der Waals surface area contributed by atoms with Crippen LogP contribution in [-0.2, 0) is 9.53 Å². The molecule has 3 nitrogen and oxygen atoms in total. The average molecular weight is 161 g/mol. The van der Waals surface area contributed by atoms with Gasteiger partial charge in [-0.05, 0) is 12.1 Å². The van der Waals surface area contributed by atoms with E-state index < -0.39 is 5.97 Å². The summed E-state index contributed by atoms with van der Waals surface area (Å²) in [7, 11) is 1.29. The van der Waals surface area contributed by atoms with Gasteiger partial charge in [0.05, 0.1) is 7.11 Å².